The van der Waals surface area contributed by atoms with Gasteiger partial charge in [-0.3, -0.25) is 0 Å². The van der Waals surface area contributed by atoms with Crippen LogP contribution in [0.15, 0.2) is 52.9 Å². The fourth-order valence-corrected chi connectivity index (χ4v) is 4.54. The molecule has 0 aliphatic heterocycles. The van der Waals surface area contributed by atoms with E-state index >= 15 is 0 Å². The Morgan fingerprint density at radius 2 is 1.83 bits per heavy atom. The molecule has 0 saturated heterocycles. The molecule has 0 N–H and O–H groups in total. The molecular weight excluding hydrogens is 409 g/mol. The molecule has 0 aliphatic rings. The van der Waals surface area contributed by atoms with Crippen LogP contribution in [0, 0.1) is 9.39 Å². The van der Waals surface area contributed by atoms with E-state index in [0.717, 1.165) is 19.2 Å². The van der Waals surface area contributed by atoms with Crippen LogP contribution in [0.3, 0.4) is 0 Å². The van der Waals surface area contributed by atoms with Crippen LogP contribution in [0.4, 0.5) is 4.39 Å². The van der Waals surface area contributed by atoms with Crippen molar-refractivity contribution in [2.45, 2.75) is 0 Å². The minimum atomic E-state index is -0.222. The predicted molar refractivity (Wildman–Crippen MR) is 80.4 cm³/mol. The summed E-state index contributed by atoms with van der Waals surface area (Å²) >= 11 is 2.35. The van der Waals surface area contributed by atoms with Gasteiger partial charge in [-0.15, -0.1) is 0 Å². The SMILES string of the molecule is Fc1ccc2oc([Se]c3ccccc3)c(I)c2c1. The van der Waals surface area contributed by atoms with Crippen LogP contribution in [0.2, 0.25) is 0 Å². The standard InChI is InChI=1S/C14H8FIOSe/c15-9-6-7-12-11(8-9)13(16)14(17-12)18-10-4-2-1-3-5-10/h1-8H. The molecule has 18 heavy (non-hydrogen) atoms. The Hall–Kier alpha value is -0.841. The van der Waals surface area contributed by atoms with Gasteiger partial charge in [-0.25, -0.2) is 0 Å². The van der Waals surface area contributed by atoms with Gasteiger partial charge < -0.3 is 0 Å². The van der Waals surface area contributed by atoms with Gasteiger partial charge in [-0.05, 0) is 0 Å². The molecule has 0 fully saturated rings. The van der Waals surface area contributed by atoms with E-state index in [9.17, 15) is 4.39 Å². The molecule has 1 nitrogen and oxygen atoms in total. The van der Waals surface area contributed by atoms with E-state index in [0.29, 0.717) is 0 Å². The van der Waals surface area contributed by atoms with Gasteiger partial charge in [-0.1, -0.05) is 0 Å². The van der Waals surface area contributed by atoms with Crippen LogP contribution in [0.1, 0.15) is 0 Å². The molecule has 0 saturated carbocycles. The molecule has 0 spiro atoms. The molecule has 1 heterocycles. The fraction of sp³-hybridized carbons (Fsp3) is 0. The molecular formula is C14H8FIOSe. The van der Waals surface area contributed by atoms with E-state index in [1.54, 1.807) is 6.07 Å². The van der Waals surface area contributed by atoms with Crippen molar-refractivity contribution in [2.75, 3.05) is 0 Å². The summed E-state index contributed by atoms with van der Waals surface area (Å²) in [4.78, 5) is 0. The molecule has 0 atom stereocenters. The van der Waals surface area contributed by atoms with Gasteiger partial charge in [0.2, 0.25) is 0 Å². The van der Waals surface area contributed by atoms with Crippen LogP contribution in [0.25, 0.3) is 11.0 Å². The second kappa shape index (κ2) is 5.03. The van der Waals surface area contributed by atoms with Crippen molar-refractivity contribution in [1.82, 2.24) is 0 Å². The van der Waals surface area contributed by atoms with E-state index in [1.165, 1.54) is 16.6 Å². The van der Waals surface area contributed by atoms with E-state index < -0.39 is 0 Å². The second-order valence-electron chi connectivity index (χ2n) is 3.76. The number of halogens is 2. The number of rotatable bonds is 2. The number of hydrogen-bond acceptors (Lipinski definition) is 1. The first-order valence-corrected chi connectivity index (χ1v) is 8.13. The van der Waals surface area contributed by atoms with E-state index in [-0.39, 0.29) is 20.8 Å². The van der Waals surface area contributed by atoms with Gasteiger partial charge in [0.15, 0.2) is 0 Å². The van der Waals surface area contributed by atoms with Crippen molar-refractivity contribution in [2.24, 2.45) is 0 Å². The molecule has 90 valence electrons. The summed E-state index contributed by atoms with van der Waals surface area (Å²) in [6.45, 7) is 0. The fourth-order valence-electron chi connectivity index (χ4n) is 1.68. The molecule has 1 aromatic heterocycles. The Morgan fingerprint density at radius 1 is 1.06 bits per heavy atom. The molecule has 0 bridgehead atoms. The summed E-state index contributed by atoms with van der Waals surface area (Å²) in [6.07, 6.45) is 0. The van der Waals surface area contributed by atoms with Crippen molar-refractivity contribution in [3.05, 3.63) is 57.9 Å². The quantitative estimate of drug-likeness (QED) is 0.462. The van der Waals surface area contributed by atoms with Crippen molar-refractivity contribution in [1.29, 1.82) is 0 Å². The van der Waals surface area contributed by atoms with Gasteiger partial charge in [0, 0.05) is 0 Å². The van der Waals surface area contributed by atoms with Crippen molar-refractivity contribution >= 4 is 57.6 Å². The van der Waals surface area contributed by atoms with E-state index in [2.05, 4.69) is 34.7 Å². The van der Waals surface area contributed by atoms with Gasteiger partial charge in [0.25, 0.3) is 0 Å². The molecule has 0 radical (unpaired) electrons. The zero-order valence-electron chi connectivity index (χ0n) is 9.19. The third kappa shape index (κ3) is 2.32. The first-order chi connectivity index (χ1) is 8.74. The Bertz CT molecular complexity index is 694. The molecule has 4 heteroatoms. The van der Waals surface area contributed by atoms with E-state index in [4.69, 9.17) is 4.42 Å². The Kier molecular flexibility index (Phi) is 3.41. The van der Waals surface area contributed by atoms with Crippen molar-refractivity contribution in [3.8, 4) is 0 Å². The Balaban J connectivity index is 2.05. The van der Waals surface area contributed by atoms with Crippen molar-refractivity contribution < 1.29 is 8.81 Å². The molecule has 0 aliphatic carbocycles. The average molecular weight is 417 g/mol. The number of benzene rings is 2. The summed E-state index contributed by atoms with van der Waals surface area (Å²) in [5.41, 5.74) is 0.758. The van der Waals surface area contributed by atoms with Crippen molar-refractivity contribution in [3.63, 3.8) is 0 Å². The third-order valence-corrected chi connectivity index (χ3v) is 6.46. The molecule has 3 aromatic rings. The number of furan rings is 1. The molecule has 0 unspecified atom stereocenters. The zero-order chi connectivity index (χ0) is 12.5. The molecule has 0 amide bonds. The maximum atomic E-state index is 13.2. The first kappa shape index (κ1) is 12.2. The summed E-state index contributed by atoms with van der Waals surface area (Å²) in [5, 5.41) is 0.864. The van der Waals surface area contributed by atoms with Gasteiger partial charge >= 0.3 is 124 Å². The topological polar surface area (TPSA) is 13.1 Å². The Labute approximate surface area is 124 Å². The summed E-state index contributed by atoms with van der Waals surface area (Å²) in [6, 6.07) is 14.9. The van der Waals surface area contributed by atoms with Crippen LogP contribution < -0.4 is 9.12 Å². The maximum absolute atomic E-state index is 13.2. The third-order valence-electron chi connectivity index (χ3n) is 2.51. The predicted octanol–water partition coefficient (Wildman–Crippen LogP) is 2.83. The molecule has 2 aromatic carbocycles. The van der Waals surface area contributed by atoms with Gasteiger partial charge in [-0.2, -0.15) is 0 Å². The summed E-state index contributed by atoms with van der Waals surface area (Å²) in [7, 11) is 0. The van der Waals surface area contributed by atoms with Crippen LogP contribution in [-0.2, 0) is 0 Å². The zero-order valence-corrected chi connectivity index (χ0v) is 13.1. The number of hydrogen-bond donors (Lipinski definition) is 0. The van der Waals surface area contributed by atoms with Crippen LogP contribution in [-0.4, -0.2) is 15.0 Å². The average Bonchev–Trinajstić information content (AvgIpc) is 2.68. The van der Waals surface area contributed by atoms with Gasteiger partial charge in [0.05, 0.1) is 0 Å². The second-order valence-corrected chi connectivity index (χ2v) is 7.03. The van der Waals surface area contributed by atoms with E-state index in [1.807, 2.05) is 18.2 Å². The minimum absolute atomic E-state index is 0.118. The Morgan fingerprint density at radius 3 is 2.61 bits per heavy atom. The monoisotopic (exact) mass is 418 g/mol. The van der Waals surface area contributed by atoms with Crippen LogP contribution in [0.5, 0.6) is 0 Å². The first-order valence-electron chi connectivity index (χ1n) is 5.34. The summed E-state index contributed by atoms with van der Waals surface area (Å²) in [5.74, 6) is -0.222. The van der Waals surface area contributed by atoms with Crippen LogP contribution >= 0.6 is 22.6 Å². The van der Waals surface area contributed by atoms with Gasteiger partial charge in [0.1, 0.15) is 0 Å². The summed E-state index contributed by atoms with van der Waals surface area (Å²) < 4.78 is 22.2. The number of fused-ring (bicyclic) bond motifs is 1. The normalized spacial score (nSPS) is 11.0. The molecule has 3 rings (SSSR count).